The topological polar surface area (TPSA) is 0 Å². The molecule has 66 valence electrons. The Balaban J connectivity index is 3.00. The van der Waals surface area contributed by atoms with E-state index in [9.17, 15) is 0 Å². The Kier molecular flexibility index (Phi) is 3.29. The molecular formula is C11H17P. The lowest BCUT2D eigenvalue weighted by molar-refractivity contribution is 0.893. The molecule has 0 saturated carbocycles. The molecule has 2 atom stereocenters. The van der Waals surface area contributed by atoms with Gasteiger partial charge in [-0.15, -0.1) is 9.24 Å². The Labute approximate surface area is 77.6 Å². The molecule has 1 rings (SSSR count). The third-order valence-corrected chi connectivity index (χ3v) is 2.97. The fraction of sp³-hybridized carbons (Fsp3) is 0.455. The third-order valence-electron chi connectivity index (χ3n) is 2.11. The van der Waals surface area contributed by atoms with E-state index in [4.69, 9.17) is 0 Å². The van der Waals surface area contributed by atoms with Crippen molar-refractivity contribution in [3.8, 4) is 0 Å². The highest BCUT2D eigenvalue weighted by atomic mass is 31.0. The summed E-state index contributed by atoms with van der Waals surface area (Å²) >= 11 is 0. The van der Waals surface area contributed by atoms with Crippen LogP contribution in [0.3, 0.4) is 0 Å². The highest BCUT2D eigenvalue weighted by Gasteiger charge is 2.03. The van der Waals surface area contributed by atoms with Gasteiger partial charge in [-0.2, -0.15) is 0 Å². The van der Waals surface area contributed by atoms with Crippen LogP contribution < -0.4 is 0 Å². The van der Waals surface area contributed by atoms with E-state index < -0.39 is 0 Å². The molecule has 0 amide bonds. The van der Waals surface area contributed by atoms with Crippen LogP contribution in [0, 0.1) is 13.8 Å². The van der Waals surface area contributed by atoms with Gasteiger partial charge in [0.15, 0.2) is 0 Å². The number of hydrogen-bond donors (Lipinski definition) is 0. The molecular weight excluding hydrogens is 163 g/mol. The van der Waals surface area contributed by atoms with Gasteiger partial charge in [-0.25, -0.2) is 0 Å². The van der Waals surface area contributed by atoms with E-state index in [1.165, 1.54) is 23.1 Å². The van der Waals surface area contributed by atoms with Crippen LogP contribution in [0.4, 0.5) is 0 Å². The Hall–Kier alpha value is -0.350. The van der Waals surface area contributed by atoms with Gasteiger partial charge < -0.3 is 0 Å². The van der Waals surface area contributed by atoms with Gasteiger partial charge in [-0.05, 0) is 31.5 Å². The van der Waals surface area contributed by atoms with Crippen LogP contribution in [0.15, 0.2) is 18.2 Å². The van der Waals surface area contributed by atoms with Crippen LogP contribution in [-0.2, 0) is 0 Å². The van der Waals surface area contributed by atoms with Crippen LogP contribution in [0.2, 0.25) is 0 Å². The summed E-state index contributed by atoms with van der Waals surface area (Å²) in [4.78, 5) is 0. The predicted molar refractivity (Wildman–Crippen MR) is 58.7 cm³/mol. The number of hydrogen-bond acceptors (Lipinski definition) is 0. The fourth-order valence-electron chi connectivity index (χ4n) is 1.46. The summed E-state index contributed by atoms with van der Waals surface area (Å²) in [6.07, 6.45) is 1.19. The molecule has 0 spiro atoms. The minimum Gasteiger partial charge on any atom is -0.130 e. The van der Waals surface area contributed by atoms with Crippen LogP contribution in [0.25, 0.3) is 0 Å². The van der Waals surface area contributed by atoms with Gasteiger partial charge in [-0.1, -0.05) is 36.2 Å². The van der Waals surface area contributed by atoms with E-state index in [0.717, 1.165) is 0 Å². The molecule has 1 heteroatoms. The molecule has 0 aromatic heterocycles. The zero-order valence-corrected chi connectivity index (χ0v) is 9.25. The molecule has 0 saturated heterocycles. The lowest BCUT2D eigenvalue weighted by Gasteiger charge is -2.10. The zero-order valence-electron chi connectivity index (χ0n) is 8.09. The minimum atomic E-state index is 0.614. The van der Waals surface area contributed by atoms with E-state index in [-0.39, 0.29) is 0 Å². The number of rotatable bonds is 2. The van der Waals surface area contributed by atoms with Gasteiger partial charge in [0, 0.05) is 0 Å². The monoisotopic (exact) mass is 180 g/mol. The molecule has 0 aliphatic heterocycles. The van der Waals surface area contributed by atoms with Crippen molar-refractivity contribution in [2.45, 2.75) is 32.9 Å². The van der Waals surface area contributed by atoms with Crippen molar-refractivity contribution in [1.29, 1.82) is 0 Å². The summed E-state index contributed by atoms with van der Waals surface area (Å²) in [7, 11) is 2.89. The molecule has 0 heterocycles. The molecule has 0 N–H and O–H groups in total. The molecule has 0 radical (unpaired) electrons. The van der Waals surface area contributed by atoms with Crippen molar-refractivity contribution in [2.24, 2.45) is 0 Å². The molecule has 0 aliphatic rings. The van der Waals surface area contributed by atoms with E-state index >= 15 is 0 Å². The molecule has 2 unspecified atom stereocenters. The third kappa shape index (κ3) is 2.32. The molecule has 12 heavy (non-hydrogen) atoms. The van der Waals surface area contributed by atoms with Crippen molar-refractivity contribution in [1.82, 2.24) is 0 Å². The average Bonchev–Trinajstić information content (AvgIpc) is 2.01. The second-order valence-corrected chi connectivity index (χ2v) is 4.24. The number of aryl methyl sites for hydroxylation is 2. The summed E-state index contributed by atoms with van der Waals surface area (Å²) in [6.45, 7) is 6.53. The van der Waals surface area contributed by atoms with E-state index in [0.29, 0.717) is 5.66 Å². The highest BCUT2D eigenvalue weighted by molar-refractivity contribution is 7.17. The Morgan fingerprint density at radius 2 is 1.67 bits per heavy atom. The Morgan fingerprint density at radius 3 is 2.08 bits per heavy atom. The van der Waals surface area contributed by atoms with E-state index in [1.54, 1.807) is 0 Å². The number of benzene rings is 1. The fourth-order valence-corrected chi connectivity index (χ4v) is 1.65. The summed E-state index contributed by atoms with van der Waals surface area (Å²) in [5.74, 6) is 0. The summed E-state index contributed by atoms with van der Waals surface area (Å²) in [5.41, 5.74) is 4.79. The van der Waals surface area contributed by atoms with Crippen molar-refractivity contribution < 1.29 is 0 Å². The van der Waals surface area contributed by atoms with Crippen molar-refractivity contribution in [2.75, 3.05) is 0 Å². The average molecular weight is 180 g/mol. The standard InChI is InChI=1S/C11H17P/c1-4-11(12)10-6-8(2)5-9(3)7-10/h5-7,11H,4,12H2,1-3H3. The lowest BCUT2D eigenvalue weighted by Crippen LogP contribution is -1.89. The van der Waals surface area contributed by atoms with Crippen LogP contribution in [-0.4, -0.2) is 0 Å². The molecule has 1 aromatic rings. The smallest absolute Gasteiger partial charge is 0.00170 e. The van der Waals surface area contributed by atoms with Gasteiger partial charge in [-0.3, -0.25) is 0 Å². The first kappa shape index (κ1) is 9.74. The lowest BCUT2D eigenvalue weighted by atomic mass is 10.0. The summed E-state index contributed by atoms with van der Waals surface area (Å²) in [5, 5.41) is 0. The maximum atomic E-state index is 2.89. The summed E-state index contributed by atoms with van der Waals surface area (Å²) in [6, 6.07) is 6.76. The molecule has 0 fully saturated rings. The van der Waals surface area contributed by atoms with Gasteiger partial charge in [0.25, 0.3) is 0 Å². The zero-order chi connectivity index (χ0) is 9.14. The van der Waals surface area contributed by atoms with Crippen molar-refractivity contribution in [3.63, 3.8) is 0 Å². The highest BCUT2D eigenvalue weighted by Crippen LogP contribution is 2.27. The quantitative estimate of drug-likeness (QED) is 0.610. The van der Waals surface area contributed by atoms with Gasteiger partial charge in [0.05, 0.1) is 0 Å². The normalized spacial score (nSPS) is 13.0. The maximum Gasteiger partial charge on any atom is -0.00170 e. The van der Waals surface area contributed by atoms with Gasteiger partial charge >= 0.3 is 0 Å². The first-order valence-electron chi connectivity index (χ1n) is 4.47. The Bertz CT molecular complexity index is 245. The predicted octanol–water partition coefficient (Wildman–Crippen LogP) is 3.63. The van der Waals surface area contributed by atoms with Crippen LogP contribution in [0.1, 0.15) is 35.7 Å². The summed E-state index contributed by atoms with van der Waals surface area (Å²) < 4.78 is 0. The first-order valence-corrected chi connectivity index (χ1v) is 5.14. The van der Waals surface area contributed by atoms with Gasteiger partial charge in [0.2, 0.25) is 0 Å². The van der Waals surface area contributed by atoms with Crippen molar-refractivity contribution >= 4 is 9.24 Å². The van der Waals surface area contributed by atoms with E-state index in [1.807, 2.05) is 0 Å². The molecule has 1 aromatic carbocycles. The van der Waals surface area contributed by atoms with Crippen molar-refractivity contribution in [3.05, 3.63) is 34.9 Å². The first-order chi connectivity index (χ1) is 5.63. The van der Waals surface area contributed by atoms with Crippen LogP contribution in [0.5, 0.6) is 0 Å². The molecule has 0 bridgehead atoms. The molecule has 0 nitrogen and oxygen atoms in total. The van der Waals surface area contributed by atoms with Gasteiger partial charge in [0.1, 0.15) is 0 Å². The second kappa shape index (κ2) is 4.05. The Morgan fingerprint density at radius 1 is 1.17 bits per heavy atom. The van der Waals surface area contributed by atoms with E-state index in [2.05, 4.69) is 48.2 Å². The van der Waals surface area contributed by atoms with Crippen LogP contribution >= 0.6 is 9.24 Å². The maximum absolute atomic E-state index is 2.89. The second-order valence-electron chi connectivity index (χ2n) is 3.44. The molecule has 0 aliphatic carbocycles. The largest absolute Gasteiger partial charge is 0.130 e. The SMILES string of the molecule is CCC(P)c1cc(C)cc(C)c1. The minimum absolute atomic E-state index is 0.614.